The molecule has 20 heavy (non-hydrogen) atoms. The lowest BCUT2D eigenvalue weighted by molar-refractivity contribution is 0.133. The van der Waals surface area contributed by atoms with Crippen molar-refractivity contribution in [1.82, 2.24) is 9.80 Å². The highest BCUT2D eigenvalue weighted by Crippen LogP contribution is 2.26. The monoisotopic (exact) mass is 362 g/mol. The Hall–Kier alpha value is -0.290. The quantitative estimate of drug-likeness (QED) is 0.817. The van der Waals surface area contributed by atoms with Gasteiger partial charge in [-0.25, -0.2) is 0 Å². The van der Waals surface area contributed by atoms with Gasteiger partial charge < -0.3 is 9.64 Å². The number of likely N-dealkylation sites (N-methyl/N-ethyl adjacent to an activating group) is 1. The SMILES string of the molecule is Cc1cc(OCCN2CCN(C)CC2)cc(C)c1Br.Cl. The summed E-state index contributed by atoms with van der Waals surface area (Å²) in [5, 5.41) is 0. The second-order valence-electron chi connectivity index (χ2n) is 5.36. The van der Waals surface area contributed by atoms with E-state index in [9.17, 15) is 0 Å². The summed E-state index contributed by atoms with van der Waals surface area (Å²) >= 11 is 3.58. The summed E-state index contributed by atoms with van der Waals surface area (Å²) in [5.74, 6) is 0.979. The molecule has 0 radical (unpaired) electrons. The number of rotatable bonds is 4. The van der Waals surface area contributed by atoms with Gasteiger partial charge in [0, 0.05) is 37.2 Å². The first-order valence-electron chi connectivity index (χ1n) is 6.86. The van der Waals surface area contributed by atoms with Crippen LogP contribution in [-0.4, -0.2) is 56.2 Å². The van der Waals surface area contributed by atoms with E-state index in [0.29, 0.717) is 0 Å². The second-order valence-corrected chi connectivity index (χ2v) is 6.16. The molecule has 3 nitrogen and oxygen atoms in total. The fourth-order valence-corrected chi connectivity index (χ4v) is 2.58. The number of hydrogen-bond acceptors (Lipinski definition) is 3. The molecule has 0 bridgehead atoms. The van der Waals surface area contributed by atoms with Crippen molar-refractivity contribution in [3.63, 3.8) is 0 Å². The van der Waals surface area contributed by atoms with Gasteiger partial charge in [-0.05, 0) is 44.2 Å². The van der Waals surface area contributed by atoms with E-state index in [1.54, 1.807) is 0 Å². The minimum Gasteiger partial charge on any atom is -0.492 e. The molecule has 2 rings (SSSR count). The van der Waals surface area contributed by atoms with E-state index in [4.69, 9.17) is 4.74 Å². The number of aryl methyl sites for hydroxylation is 2. The first-order valence-corrected chi connectivity index (χ1v) is 7.66. The Morgan fingerprint density at radius 2 is 1.65 bits per heavy atom. The van der Waals surface area contributed by atoms with Gasteiger partial charge in [0.25, 0.3) is 0 Å². The Bertz CT molecular complexity index is 411. The third-order valence-electron chi connectivity index (χ3n) is 3.68. The smallest absolute Gasteiger partial charge is 0.119 e. The average molecular weight is 364 g/mol. The Morgan fingerprint density at radius 1 is 1.10 bits per heavy atom. The van der Waals surface area contributed by atoms with Crippen LogP contribution in [0.2, 0.25) is 0 Å². The molecule has 0 saturated carbocycles. The van der Waals surface area contributed by atoms with Crippen LogP contribution in [0.15, 0.2) is 16.6 Å². The van der Waals surface area contributed by atoms with Crippen molar-refractivity contribution in [2.45, 2.75) is 13.8 Å². The summed E-state index contributed by atoms with van der Waals surface area (Å²) in [6.45, 7) is 10.6. The van der Waals surface area contributed by atoms with Crippen LogP contribution in [0.4, 0.5) is 0 Å². The van der Waals surface area contributed by atoms with Gasteiger partial charge in [-0.3, -0.25) is 4.90 Å². The van der Waals surface area contributed by atoms with E-state index >= 15 is 0 Å². The van der Waals surface area contributed by atoms with Gasteiger partial charge in [0.1, 0.15) is 12.4 Å². The van der Waals surface area contributed by atoms with E-state index in [2.05, 4.69) is 58.8 Å². The van der Waals surface area contributed by atoms with Crippen molar-refractivity contribution in [1.29, 1.82) is 0 Å². The van der Waals surface area contributed by atoms with Crippen molar-refractivity contribution in [2.75, 3.05) is 46.4 Å². The molecule has 0 amide bonds. The molecule has 0 aliphatic carbocycles. The van der Waals surface area contributed by atoms with Crippen molar-refractivity contribution in [2.24, 2.45) is 0 Å². The summed E-state index contributed by atoms with van der Waals surface area (Å²) in [6, 6.07) is 4.20. The van der Waals surface area contributed by atoms with Crippen molar-refractivity contribution < 1.29 is 4.74 Å². The topological polar surface area (TPSA) is 15.7 Å². The average Bonchev–Trinajstić information content (AvgIpc) is 2.38. The summed E-state index contributed by atoms with van der Waals surface area (Å²) in [4.78, 5) is 4.84. The molecule has 1 aromatic rings. The fourth-order valence-electron chi connectivity index (χ4n) is 2.35. The number of ether oxygens (including phenoxy) is 1. The molecule has 1 heterocycles. The zero-order chi connectivity index (χ0) is 13.8. The van der Waals surface area contributed by atoms with Crippen LogP contribution in [0.25, 0.3) is 0 Å². The molecule has 1 aromatic carbocycles. The Morgan fingerprint density at radius 3 is 2.20 bits per heavy atom. The van der Waals surface area contributed by atoms with Crippen molar-refractivity contribution in [3.8, 4) is 5.75 Å². The number of nitrogens with zero attached hydrogens (tertiary/aromatic N) is 2. The van der Waals surface area contributed by atoms with Gasteiger partial charge in [0.15, 0.2) is 0 Å². The van der Waals surface area contributed by atoms with Gasteiger partial charge in [-0.1, -0.05) is 15.9 Å². The first kappa shape index (κ1) is 17.8. The standard InChI is InChI=1S/C15H23BrN2O.ClH/c1-12-10-14(11-13(2)15(12)16)19-9-8-18-6-4-17(3)5-7-18;/h10-11H,4-9H2,1-3H3;1H. The zero-order valence-electron chi connectivity index (χ0n) is 12.5. The molecule has 5 heteroatoms. The van der Waals surface area contributed by atoms with Gasteiger partial charge in [0.2, 0.25) is 0 Å². The van der Waals surface area contributed by atoms with Gasteiger partial charge in [-0.2, -0.15) is 0 Å². The lowest BCUT2D eigenvalue weighted by atomic mass is 10.1. The van der Waals surface area contributed by atoms with Crippen LogP contribution < -0.4 is 4.74 Å². The molecule has 1 fully saturated rings. The van der Waals surface area contributed by atoms with E-state index in [1.165, 1.54) is 15.6 Å². The Labute approximate surface area is 136 Å². The Kier molecular flexibility index (Phi) is 7.30. The van der Waals surface area contributed by atoms with Crippen LogP contribution in [0.5, 0.6) is 5.75 Å². The molecule has 0 aromatic heterocycles. The van der Waals surface area contributed by atoms with Crippen LogP contribution in [0, 0.1) is 13.8 Å². The largest absolute Gasteiger partial charge is 0.492 e. The molecule has 1 aliphatic heterocycles. The summed E-state index contributed by atoms with van der Waals surface area (Å²) < 4.78 is 7.06. The van der Waals surface area contributed by atoms with E-state index in [-0.39, 0.29) is 12.4 Å². The predicted molar refractivity (Wildman–Crippen MR) is 90.3 cm³/mol. The lowest BCUT2D eigenvalue weighted by Gasteiger charge is -2.32. The highest BCUT2D eigenvalue weighted by molar-refractivity contribution is 9.10. The maximum atomic E-state index is 5.88. The van der Waals surface area contributed by atoms with Gasteiger partial charge >= 0.3 is 0 Å². The minimum atomic E-state index is 0. The third-order valence-corrected chi connectivity index (χ3v) is 4.93. The maximum absolute atomic E-state index is 5.88. The third kappa shape index (κ3) is 4.92. The van der Waals surface area contributed by atoms with Gasteiger partial charge in [-0.15, -0.1) is 12.4 Å². The summed E-state index contributed by atoms with van der Waals surface area (Å²) in [7, 11) is 2.18. The lowest BCUT2D eigenvalue weighted by Crippen LogP contribution is -2.45. The number of piperazine rings is 1. The summed E-state index contributed by atoms with van der Waals surface area (Å²) in [6.07, 6.45) is 0. The first-order chi connectivity index (χ1) is 9.06. The van der Waals surface area contributed by atoms with Gasteiger partial charge in [0.05, 0.1) is 0 Å². The van der Waals surface area contributed by atoms with Crippen LogP contribution >= 0.6 is 28.3 Å². The highest BCUT2D eigenvalue weighted by atomic mass is 79.9. The van der Waals surface area contributed by atoms with Crippen LogP contribution in [0.1, 0.15) is 11.1 Å². The number of benzene rings is 1. The molecule has 0 N–H and O–H groups in total. The van der Waals surface area contributed by atoms with Crippen LogP contribution in [0.3, 0.4) is 0 Å². The van der Waals surface area contributed by atoms with Crippen molar-refractivity contribution >= 4 is 28.3 Å². The van der Waals surface area contributed by atoms with Crippen LogP contribution in [-0.2, 0) is 0 Å². The predicted octanol–water partition coefficient (Wildman–Crippen LogP) is 3.11. The molecule has 0 spiro atoms. The zero-order valence-corrected chi connectivity index (χ0v) is 14.9. The molecular formula is C15H24BrClN2O. The van der Waals surface area contributed by atoms with E-state index < -0.39 is 0 Å². The molecule has 1 saturated heterocycles. The molecule has 0 unspecified atom stereocenters. The van der Waals surface area contributed by atoms with E-state index in [1.807, 2.05) is 0 Å². The molecule has 114 valence electrons. The van der Waals surface area contributed by atoms with E-state index in [0.717, 1.165) is 45.1 Å². The highest BCUT2D eigenvalue weighted by Gasteiger charge is 2.13. The minimum absolute atomic E-state index is 0. The molecule has 0 atom stereocenters. The molecule has 1 aliphatic rings. The van der Waals surface area contributed by atoms with Crippen molar-refractivity contribution in [3.05, 3.63) is 27.7 Å². The second kappa shape index (κ2) is 8.23. The Balaban J connectivity index is 0.00000200. The normalized spacial score (nSPS) is 16.8. The molecular weight excluding hydrogens is 340 g/mol. The fraction of sp³-hybridized carbons (Fsp3) is 0.600. The number of hydrogen-bond donors (Lipinski definition) is 0. The summed E-state index contributed by atoms with van der Waals surface area (Å²) in [5.41, 5.74) is 2.46. The maximum Gasteiger partial charge on any atom is 0.119 e. The number of halogens is 2.